The summed E-state index contributed by atoms with van der Waals surface area (Å²) in [6, 6.07) is -0.774. The van der Waals surface area contributed by atoms with E-state index >= 15 is 0 Å². The molecule has 2 heterocycles. The van der Waals surface area contributed by atoms with Gasteiger partial charge in [-0.05, 0) is 11.8 Å². The van der Waals surface area contributed by atoms with E-state index in [2.05, 4.69) is 13.8 Å². The van der Waals surface area contributed by atoms with E-state index in [1.165, 1.54) is 16.7 Å². The highest BCUT2D eigenvalue weighted by atomic mass is 32.2. The molecular weight excluding hydrogens is 240 g/mol. The second-order valence-electron chi connectivity index (χ2n) is 5.44. The third-order valence-electron chi connectivity index (χ3n) is 3.36. The van der Waals surface area contributed by atoms with Gasteiger partial charge < -0.3 is 14.9 Å². The monoisotopic (exact) mass is 258 g/mol. The zero-order valence-electron chi connectivity index (χ0n) is 10.2. The van der Waals surface area contributed by atoms with Crippen LogP contribution < -0.4 is 0 Å². The van der Waals surface area contributed by atoms with Crippen molar-refractivity contribution in [1.29, 1.82) is 0 Å². The van der Waals surface area contributed by atoms with Gasteiger partial charge in [-0.1, -0.05) is 13.8 Å². The van der Waals surface area contributed by atoms with Gasteiger partial charge in [-0.15, -0.1) is 11.8 Å². The van der Waals surface area contributed by atoms with Crippen LogP contribution in [0.3, 0.4) is 0 Å². The van der Waals surface area contributed by atoms with Crippen molar-refractivity contribution in [3.63, 3.8) is 0 Å². The third kappa shape index (κ3) is 2.51. The van der Waals surface area contributed by atoms with E-state index in [9.17, 15) is 9.59 Å². The van der Waals surface area contributed by atoms with Crippen molar-refractivity contribution in [3.8, 4) is 0 Å². The van der Waals surface area contributed by atoms with Crippen LogP contribution in [0.2, 0.25) is 0 Å². The Hall–Kier alpha value is -0.910. The molecule has 0 aromatic carbocycles. The van der Waals surface area contributed by atoms with Gasteiger partial charge in [0.25, 0.3) is 0 Å². The molecule has 0 bridgehead atoms. The molecule has 1 atom stereocenters. The first kappa shape index (κ1) is 12.5. The minimum Gasteiger partial charge on any atom is -0.480 e. The van der Waals surface area contributed by atoms with Crippen LogP contribution >= 0.6 is 11.8 Å². The number of amides is 2. The van der Waals surface area contributed by atoms with E-state index in [0.717, 1.165) is 19.5 Å². The van der Waals surface area contributed by atoms with Crippen LogP contribution in [-0.4, -0.2) is 57.7 Å². The summed E-state index contributed by atoms with van der Waals surface area (Å²) in [6.07, 6.45) is 0.984. The number of carboxylic acids is 1. The van der Waals surface area contributed by atoms with Gasteiger partial charge in [0.2, 0.25) is 0 Å². The van der Waals surface area contributed by atoms with Crippen molar-refractivity contribution < 1.29 is 14.7 Å². The van der Waals surface area contributed by atoms with Crippen molar-refractivity contribution in [2.75, 3.05) is 24.7 Å². The van der Waals surface area contributed by atoms with Gasteiger partial charge >= 0.3 is 12.0 Å². The Morgan fingerprint density at radius 3 is 2.65 bits per heavy atom. The van der Waals surface area contributed by atoms with Gasteiger partial charge in [-0.3, -0.25) is 0 Å². The van der Waals surface area contributed by atoms with E-state index < -0.39 is 12.0 Å². The summed E-state index contributed by atoms with van der Waals surface area (Å²) in [5, 5.41) is 9.05. The lowest BCUT2D eigenvalue weighted by Gasteiger charge is -2.27. The van der Waals surface area contributed by atoms with Crippen LogP contribution in [-0.2, 0) is 4.79 Å². The smallest absolute Gasteiger partial charge is 0.327 e. The number of nitrogens with zero attached hydrogens (tertiary/aromatic N) is 2. The van der Waals surface area contributed by atoms with Crippen molar-refractivity contribution in [2.45, 2.75) is 26.3 Å². The molecule has 5 nitrogen and oxygen atoms in total. The van der Waals surface area contributed by atoms with Crippen molar-refractivity contribution in [1.82, 2.24) is 9.80 Å². The Bertz CT molecular complexity index is 346. The molecule has 0 radical (unpaired) electrons. The summed E-state index contributed by atoms with van der Waals surface area (Å²) in [5.41, 5.74) is 0.154. The van der Waals surface area contributed by atoms with E-state index in [1.54, 1.807) is 4.90 Å². The molecule has 0 aromatic rings. The average molecular weight is 258 g/mol. The Morgan fingerprint density at radius 2 is 2.12 bits per heavy atom. The van der Waals surface area contributed by atoms with Crippen LogP contribution in [0.25, 0.3) is 0 Å². The number of urea groups is 1. The SMILES string of the molecule is CC1(C)CCN(C(=O)N2CSC[C@H]2C(=O)O)C1. The molecule has 0 aliphatic carbocycles. The summed E-state index contributed by atoms with van der Waals surface area (Å²) >= 11 is 1.50. The number of carbonyl (C=O) groups is 2. The molecule has 1 N–H and O–H groups in total. The van der Waals surface area contributed by atoms with Gasteiger partial charge in [-0.25, -0.2) is 9.59 Å². The molecule has 96 valence electrons. The quantitative estimate of drug-likeness (QED) is 0.770. The Labute approximate surface area is 105 Å². The molecule has 2 amide bonds. The van der Waals surface area contributed by atoms with Crippen molar-refractivity contribution in [2.24, 2.45) is 5.41 Å². The van der Waals surface area contributed by atoms with Crippen LogP contribution in [0.4, 0.5) is 4.79 Å². The fraction of sp³-hybridized carbons (Fsp3) is 0.818. The van der Waals surface area contributed by atoms with E-state index in [-0.39, 0.29) is 11.4 Å². The van der Waals surface area contributed by atoms with Crippen molar-refractivity contribution >= 4 is 23.8 Å². The van der Waals surface area contributed by atoms with E-state index in [0.29, 0.717) is 11.6 Å². The number of aliphatic carboxylic acids is 1. The minimum atomic E-state index is -0.901. The number of hydrogen-bond donors (Lipinski definition) is 1. The third-order valence-corrected chi connectivity index (χ3v) is 4.37. The number of carboxylic acid groups (broad SMARTS) is 1. The van der Waals surface area contributed by atoms with Crippen LogP contribution in [0.1, 0.15) is 20.3 Å². The Kier molecular flexibility index (Phi) is 3.25. The Balaban J connectivity index is 2.03. The minimum absolute atomic E-state index is 0.118. The van der Waals surface area contributed by atoms with E-state index in [4.69, 9.17) is 5.11 Å². The van der Waals surface area contributed by atoms with E-state index in [1.807, 2.05) is 0 Å². The highest BCUT2D eigenvalue weighted by Crippen LogP contribution is 2.31. The summed E-state index contributed by atoms with van der Waals surface area (Å²) in [5.74, 6) is 0.0900. The van der Waals surface area contributed by atoms with Gasteiger partial charge in [0.1, 0.15) is 6.04 Å². The number of rotatable bonds is 1. The van der Waals surface area contributed by atoms with Crippen LogP contribution in [0, 0.1) is 5.41 Å². The number of likely N-dealkylation sites (tertiary alicyclic amines) is 1. The topological polar surface area (TPSA) is 60.9 Å². The maximum Gasteiger partial charge on any atom is 0.327 e. The molecule has 2 saturated heterocycles. The lowest BCUT2D eigenvalue weighted by molar-refractivity contribution is -0.140. The highest BCUT2D eigenvalue weighted by molar-refractivity contribution is 7.99. The predicted octanol–water partition coefficient (Wildman–Crippen LogP) is 1.30. The average Bonchev–Trinajstić information content (AvgIpc) is 2.82. The Morgan fingerprint density at radius 1 is 1.41 bits per heavy atom. The van der Waals surface area contributed by atoms with Gasteiger partial charge in [0, 0.05) is 18.8 Å². The maximum atomic E-state index is 12.2. The summed E-state index contributed by atoms with van der Waals surface area (Å²) in [4.78, 5) is 26.5. The first-order chi connectivity index (χ1) is 7.91. The number of hydrogen-bond acceptors (Lipinski definition) is 3. The van der Waals surface area contributed by atoms with Crippen molar-refractivity contribution in [3.05, 3.63) is 0 Å². The largest absolute Gasteiger partial charge is 0.480 e. The molecule has 0 aromatic heterocycles. The van der Waals surface area contributed by atoms with Gasteiger partial charge in [-0.2, -0.15) is 0 Å². The number of thioether (sulfide) groups is 1. The normalized spacial score (nSPS) is 27.5. The van der Waals surface area contributed by atoms with Gasteiger partial charge in [0.15, 0.2) is 0 Å². The summed E-state index contributed by atoms with van der Waals surface area (Å²) in [7, 11) is 0. The molecule has 0 saturated carbocycles. The molecule has 2 fully saturated rings. The fourth-order valence-electron chi connectivity index (χ4n) is 2.29. The molecular formula is C11H18N2O3S. The predicted molar refractivity (Wildman–Crippen MR) is 66.0 cm³/mol. The molecule has 0 spiro atoms. The molecule has 2 aliphatic heterocycles. The molecule has 2 aliphatic rings. The first-order valence-electron chi connectivity index (χ1n) is 5.77. The van der Waals surface area contributed by atoms with Gasteiger partial charge in [0.05, 0.1) is 5.88 Å². The lowest BCUT2D eigenvalue weighted by Crippen LogP contribution is -2.48. The zero-order chi connectivity index (χ0) is 12.6. The molecule has 2 rings (SSSR count). The standard InChI is InChI=1S/C11H18N2O3S/c1-11(2)3-4-12(6-11)10(16)13-7-17-5-8(13)9(14)15/h8H,3-7H2,1-2H3,(H,14,15)/t8-/m0/s1. The molecule has 0 unspecified atom stereocenters. The summed E-state index contributed by atoms with van der Waals surface area (Å²) < 4.78 is 0. The first-order valence-corrected chi connectivity index (χ1v) is 6.92. The second kappa shape index (κ2) is 4.40. The summed E-state index contributed by atoms with van der Waals surface area (Å²) in [6.45, 7) is 5.72. The van der Waals surface area contributed by atoms with Crippen LogP contribution in [0.5, 0.6) is 0 Å². The second-order valence-corrected chi connectivity index (χ2v) is 6.44. The number of carbonyl (C=O) groups excluding carboxylic acids is 1. The lowest BCUT2D eigenvalue weighted by atomic mass is 9.93. The maximum absolute atomic E-state index is 12.2. The van der Waals surface area contributed by atoms with Crippen LogP contribution in [0.15, 0.2) is 0 Å². The zero-order valence-corrected chi connectivity index (χ0v) is 11.0. The fourth-order valence-corrected chi connectivity index (χ4v) is 3.43. The molecule has 6 heteroatoms. The highest BCUT2D eigenvalue weighted by Gasteiger charge is 2.40. The molecule has 17 heavy (non-hydrogen) atoms.